The van der Waals surface area contributed by atoms with Gasteiger partial charge in [-0.3, -0.25) is 0 Å². The van der Waals surface area contributed by atoms with Crippen LogP contribution in [-0.2, 0) is 0 Å². The van der Waals surface area contributed by atoms with E-state index in [1.165, 1.54) is 66.5 Å². The van der Waals surface area contributed by atoms with E-state index in [4.69, 9.17) is 12.2 Å². The van der Waals surface area contributed by atoms with Gasteiger partial charge in [0.15, 0.2) is 0 Å². The summed E-state index contributed by atoms with van der Waals surface area (Å²) in [6.45, 7) is 10.3. The first-order valence-corrected chi connectivity index (χ1v) is 13.1. The Hall–Kier alpha value is -1.27. The number of hydrogen-bond donors (Lipinski definition) is 1. The Morgan fingerprint density at radius 3 is 2.59 bits per heavy atom. The molecule has 0 aliphatic carbocycles. The molecule has 4 rings (SSSR count). The highest BCUT2D eigenvalue weighted by Gasteiger charge is 2.24. The number of benzene rings is 2. The highest BCUT2D eigenvalue weighted by molar-refractivity contribution is 7.99. The first-order chi connectivity index (χ1) is 15.2. The van der Waals surface area contributed by atoms with Crippen LogP contribution in [0.3, 0.4) is 0 Å². The van der Waals surface area contributed by atoms with Crippen molar-refractivity contribution in [3.63, 3.8) is 0 Å². The van der Waals surface area contributed by atoms with Gasteiger partial charge in [-0.25, -0.2) is 0 Å². The van der Waals surface area contributed by atoms with Crippen molar-refractivity contribution in [2.45, 2.75) is 55.7 Å². The zero-order chi connectivity index (χ0) is 21.6. The highest BCUT2D eigenvalue weighted by Crippen LogP contribution is 2.48. The molecule has 0 unspecified atom stereocenters. The second kappa shape index (κ2) is 12.3. The van der Waals surface area contributed by atoms with Crippen molar-refractivity contribution in [3.8, 4) is 0 Å². The van der Waals surface area contributed by atoms with Crippen LogP contribution in [0.5, 0.6) is 0 Å². The van der Waals surface area contributed by atoms with Crippen LogP contribution < -0.4 is 10.2 Å². The summed E-state index contributed by atoms with van der Waals surface area (Å²) in [5, 5.41) is 3.48. The molecule has 0 spiro atoms. The third-order valence-corrected chi connectivity index (χ3v) is 8.07. The van der Waals surface area contributed by atoms with Crippen LogP contribution in [0.25, 0.3) is 0 Å². The summed E-state index contributed by atoms with van der Waals surface area (Å²) >= 11 is 7.62. The van der Waals surface area contributed by atoms with E-state index >= 15 is 0 Å². The minimum atomic E-state index is 0. The van der Waals surface area contributed by atoms with E-state index in [2.05, 4.69) is 71.4 Å². The minimum absolute atomic E-state index is 0. The summed E-state index contributed by atoms with van der Waals surface area (Å²) in [5.74, 6) is 0.734. The maximum absolute atomic E-state index is 5.75. The number of thiocarbonyl (C=S) groups is 1. The molecule has 2 heterocycles. The molecule has 1 atom stereocenters. The summed E-state index contributed by atoms with van der Waals surface area (Å²) in [5.41, 5.74) is 3.75. The van der Waals surface area contributed by atoms with Crippen molar-refractivity contribution >= 4 is 52.8 Å². The van der Waals surface area contributed by atoms with Crippen LogP contribution in [0.4, 0.5) is 11.4 Å². The van der Waals surface area contributed by atoms with Crippen molar-refractivity contribution in [2.75, 3.05) is 37.6 Å². The molecule has 2 aliphatic heterocycles. The van der Waals surface area contributed by atoms with Gasteiger partial charge in [0, 0.05) is 28.4 Å². The van der Waals surface area contributed by atoms with Gasteiger partial charge in [-0.05, 0) is 75.5 Å². The van der Waals surface area contributed by atoms with Gasteiger partial charge in [0.1, 0.15) is 4.99 Å². The van der Waals surface area contributed by atoms with Gasteiger partial charge in [-0.15, -0.1) is 12.4 Å². The standard InChI is InChI=1S/C26H35N3S2.ClH/c1-3-20(2)13-14-27-26(30)21-11-12-25-23(19-21)29(18-8-17-28-15-6-7-16-28)22-9-4-5-10-24(22)31-25;/h4-5,9-12,19-20H,3,6-8,13-18H2,1-2H3,(H,27,30);1H/t20-;/m1./s1. The zero-order valence-electron chi connectivity index (χ0n) is 19.3. The SMILES string of the molecule is CC[C@@H](C)CCNC(=S)c1ccc2c(c1)N(CCCN1CCCC1)c1ccccc1S2.Cl. The van der Waals surface area contributed by atoms with Gasteiger partial charge in [-0.2, -0.15) is 0 Å². The van der Waals surface area contributed by atoms with E-state index < -0.39 is 0 Å². The molecule has 2 aromatic rings. The predicted molar refractivity (Wildman–Crippen MR) is 145 cm³/mol. The molecule has 1 saturated heterocycles. The Morgan fingerprint density at radius 1 is 1.06 bits per heavy atom. The van der Waals surface area contributed by atoms with Crippen molar-refractivity contribution in [2.24, 2.45) is 5.92 Å². The summed E-state index contributed by atoms with van der Waals surface area (Å²) in [7, 11) is 0. The number of halogens is 1. The minimum Gasteiger partial charge on any atom is -0.376 e. The molecule has 3 nitrogen and oxygen atoms in total. The molecule has 0 aromatic heterocycles. The number of nitrogens with zero attached hydrogens (tertiary/aromatic N) is 2. The average Bonchev–Trinajstić information content (AvgIpc) is 3.31. The average molecular weight is 490 g/mol. The second-order valence-electron chi connectivity index (χ2n) is 8.86. The molecule has 0 bridgehead atoms. The summed E-state index contributed by atoms with van der Waals surface area (Å²) in [4.78, 5) is 8.66. The van der Waals surface area contributed by atoms with Crippen LogP contribution in [-0.4, -0.2) is 42.6 Å². The Kier molecular flexibility index (Phi) is 9.72. The topological polar surface area (TPSA) is 18.5 Å². The van der Waals surface area contributed by atoms with Gasteiger partial charge in [0.2, 0.25) is 0 Å². The lowest BCUT2D eigenvalue weighted by molar-refractivity contribution is 0.335. The van der Waals surface area contributed by atoms with Crippen LogP contribution in [0.1, 0.15) is 51.5 Å². The molecule has 174 valence electrons. The van der Waals surface area contributed by atoms with Gasteiger partial charge in [0.25, 0.3) is 0 Å². The van der Waals surface area contributed by atoms with Crippen LogP contribution in [0.15, 0.2) is 52.3 Å². The van der Waals surface area contributed by atoms with E-state index in [0.717, 1.165) is 36.0 Å². The number of rotatable bonds is 9. The molecule has 6 heteroatoms. The van der Waals surface area contributed by atoms with E-state index in [0.29, 0.717) is 0 Å². The fourth-order valence-corrected chi connectivity index (χ4v) is 5.71. The fraction of sp³-hybridized carbons (Fsp3) is 0.500. The number of fused-ring (bicyclic) bond motifs is 2. The molecular formula is C26H36ClN3S2. The first-order valence-electron chi connectivity index (χ1n) is 11.8. The maximum Gasteiger partial charge on any atom is 0.106 e. The first kappa shape index (κ1) is 25.4. The lowest BCUT2D eigenvalue weighted by Crippen LogP contribution is -2.28. The summed E-state index contributed by atoms with van der Waals surface area (Å²) in [6.07, 6.45) is 6.28. The third-order valence-electron chi connectivity index (χ3n) is 6.56. The van der Waals surface area contributed by atoms with E-state index in [1.807, 2.05) is 11.8 Å². The van der Waals surface area contributed by atoms with Gasteiger partial charge in [-0.1, -0.05) is 62.4 Å². The largest absolute Gasteiger partial charge is 0.376 e. The summed E-state index contributed by atoms with van der Waals surface area (Å²) in [6, 6.07) is 15.5. The number of nitrogens with one attached hydrogen (secondary N) is 1. The Labute approximate surface area is 209 Å². The quantitative estimate of drug-likeness (QED) is 0.385. The maximum atomic E-state index is 5.75. The Bertz CT molecular complexity index is 898. The lowest BCUT2D eigenvalue weighted by Gasteiger charge is -2.33. The molecule has 2 aliphatic rings. The van der Waals surface area contributed by atoms with Crippen molar-refractivity contribution in [1.29, 1.82) is 0 Å². The lowest BCUT2D eigenvalue weighted by atomic mass is 10.1. The zero-order valence-corrected chi connectivity index (χ0v) is 21.8. The molecule has 2 aromatic carbocycles. The number of hydrogen-bond acceptors (Lipinski definition) is 4. The molecule has 1 fully saturated rings. The number of para-hydroxylation sites is 1. The van der Waals surface area contributed by atoms with Crippen molar-refractivity contribution < 1.29 is 0 Å². The van der Waals surface area contributed by atoms with Crippen LogP contribution in [0, 0.1) is 5.92 Å². The molecule has 0 saturated carbocycles. The molecule has 0 radical (unpaired) electrons. The Morgan fingerprint density at radius 2 is 1.81 bits per heavy atom. The van der Waals surface area contributed by atoms with E-state index in [-0.39, 0.29) is 12.4 Å². The highest BCUT2D eigenvalue weighted by atomic mass is 35.5. The second-order valence-corrected chi connectivity index (χ2v) is 10.4. The van der Waals surface area contributed by atoms with Crippen molar-refractivity contribution in [3.05, 3.63) is 48.0 Å². The van der Waals surface area contributed by atoms with Crippen LogP contribution in [0.2, 0.25) is 0 Å². The van der Waals surface area contributed by atoms with Crippen LogP contribution >= 0.6 is 36.4 Å². The third kappa shape index (κ3) is 6.19. The molecule has 0 amide bonds. The molecule has 1 N–H and O–H groups in total. The smallest absolute Gasteiger partial charge is 0.106 e. The number of likely N-dealkylation sites (tertiary alicyclic amines) is 1. The molecular weight excluding hydrogens is 454 g/mol. The normalized spacial score (nSPS) is 16.1. The monoisotopic (exact) mass is 489 g/mol. The number of anilines is 2. The molecule has 32 heavy (non-hydrogen) atoms. The van der Waals surface area contributed by atoms with Gasteiger partial charge >= 0.3 is 0 Å². The van der Waals surface area contributed by atoms with E-state index in [1.54, 1.807) is 0 Å². The van der Waals surface area contributed by atoms with Gasteiger partial charge < -0.3 is 15.1 Å². The fourth-order valence-electron chi connectivity index (χ4n) is 4.41. The predicted octanol–water partition coefficient (Wildman–Crippen LogP) is 6.90. The summed E-state index contributed by atoms with van der Waals surface area (Å²) < 4.78 is 0. The van der Waals surface area contributed by atoms with E-state index in [9.17, 15) is 0 Å². The van der Waals surface area contributed by atoms with Gasteiger partial charge in [0.05, 0.1) is 11.4 Å². The van der Waals surface area contributed by atoms with Crippen molar-refractivity contribution in [1.82, 2.24) is 10.2 Å². The Balaban J connectivity index is 0.00000289.